The van der Waals surface area contributed by atoms with Gasteiger partial charge in [0.1, 0.15) is 12.6 Å². The van der Waals surface area contributed by atoms with Crippen LogP contribution in [0.3, 0.4) is 0 Å². The van der Waals surface area contributed by atoms with Gasteiger partial charge in [-0.2, -0.15) is 0 Å². The number of carbonyl (C=O) groups excluding carboxylic acids is 2. The first kappa shape index (κ1) is 29.9. The molecule has 0 spiro atoms. The van der Waals surface area contributed by atoms with E-state index in [-0.39, 0.29) is 23.3 Å². The summed E-state index contributed by atoms with van der Waals surface area (Å²) in [5.74, 6) is -0.461. The monoisotopic (exact) mass is 549 g/mol. The first-order valence-corrected chi connectivity index (χ1v) is 14.7. The summed E-state index contributed by atoms with van der Waals surface area (Å²) in [6, 6.07) is 22.6. The first-order chi connectivity index (χ1) is 18.5. The number of hydrogen-bond acceptors (Lipinski definition) is 4. The molecule has 0 fully saturated rings. The number of para-hydroxylation sites is 1. The van der Waals surface area contributed by atoms with Crippen LogP contribution in [-0.2, 0) is 26.0 Å². The summed E-state index contributed by atoms with van der Waals surface area (Å²) >= 11 is 0. The molecule has 7 nitrogen and oxygen atoms in total. The second kappa shape index (κ2) is 13.4. The van der Waals surface area contributed by atoms with Crippen molar-refractivity contribution in [2.75, 3.05) is 23.9 Å². The van der Waals surface area contributed by atoms with Gasteiger partial charge in [-0.25, -0.2) is 8.42 Å². The quantitative estimate of drug-likeness (QED) is 0.354. The summed E-state index contributed by atoms with van der Waals surface area (Å²) in [5, 5.41) is 2.91. The summed E-state index contributed by atoms with van der Waals surface area (Å²) in [4.78, 5) is 28.5. The molecule has 39 heavy (non-hydrogen) atoms. The molecule has 3 aromatic carbocycles. The van der Waals surface area contributed by atoms with Crippen LogP contribution in [0.5, 0.6) is 0 Å². The summed E-state index contributed by atoms with van der Waals surface area (Å²) in [6.45, 7) is 9.70. The zero-order chi connectivity index (χ0) is 28.6. The maximum atomic E-state index is 13.9. The van der Waals surface area contributed by atoms with Crippen molar-refractivity contribution in [1.82, 2.24) is 10.2 Å². The fourth-order valence-corrected chi connectivity index (χ4v) is 5.70. The van der Waals surface area contributed by atoms with Gasteiger partial charge >= 0.3 is 0 Å². The average Bonchev–Trinajstić information content (AvgIpc) is 2.91. The van der Waals surface area contributed by atoms with E-state index in [0.29, 0.717) is 18.7 Å². The molecule has 0 bridgehead atoms. The Hall–Kier alpha value is -3.65. The van der Waals surface area contributed by atoms with E-state index in [1.54, 1.807) is 43.3 Å². The molecular formula is C31H39N3O4S. The number of nitrogens with one attached hydrogen (secondary N) is 1. The molecule has 0 aliphatic heterocycles. The molecule has 208 valence electrons. The Morgan fingerprint density at radius 2 is 1.46 bits per heavy atom. The van der Waals surface area contributed by atoms with Crippen molar-refractivity contribution in [3.05, 3.63) is 95.6 Å². The van der Waals surface area contributed by atoms with Crippen LogP contribution >= 0.6 is 0 Å². The van der Waals surface area contributed by atoms with Crippen LogP contribution in [0.2, 0.25) is 0 Å². The second-order valence-electron chi connectivity index (χ2n) is 10.2. The van der Waals surface area contributed by atoms with Crippen LogP contribution in [0.15, 0.2) is 83.8 Å². The molecule has 0 heterocycles. The van der Waals surface area contributed by atoms with E-state index in [0.717, 1.165) is 21.0 Å². The van der Waals surface area contributed by atoms with Crippen molar-refractivity contribution in [3.8, 4) is 0 Å². The second-order valence-corrected chi connectivity index (χ2v) is 12.1. The van der Waals surface area contributed by atoms with Gasteiger partial charge in [0.05, 0.1) is 10.6 Å². The van der Waals surface area contributed by atoms with E-state index < -0.39 is 28.5 Å². The average molecular weight is 550 g/mol. The number of aryl methyl sites for hydroxylation is 2. The normalized spacial score (nSPS) is 12.2. The predicted molar refractivity (Wildman–Crippen MR) is 156 cm³/mol. The Bertz CT molecular complexity index is 1360. The van der Waals surface area contributed by atoms with Gasteiger partial charge in [0.25, 0.3) is 10.0 Å². The van der Waals surface area contributed by atoms with Gasteiger partial charge in [-0.1, -0.05) is 80.1 Å². The third kappa shape index (κ3) is 7.93. The molecule has 0 aromatic heterocycles. The Labute approximate surface area is 232 Å². The lowest BCUT2D eigenvalue weighted by molar-refractivity contribution is -0.138. The number of sulfonamides is 1. The maximum Gasteiger partial charge on any atom is 0.264 e. The lowest BCUT2D eigenvalue weighted by Crippen LogP contribution is -2.52. The van der Waals surface area contributed by atoms with Crippen molar-refractivity contribution < 1.29 is 18.0 Å². The summed E-state index contributed by atoms with van der Waals surface area (Å²) in [5.41, 5.74) is 3.10. The molecule has 0 aliphatic carbocycles. The van der Waals surface area contributed by atoms with Gasteiger partial charge in [-0.05, 0) is 62.4 Å². The zero-order valence-electron chi connectivity index (χ0n) is 23.4. The van der Waals surface area contributed by atoms with Crippen LogP contribution in [0.4, 0.5) is 5.69 Å². The van der Waals surface area contributed by atoms with E-state index in [2.05, 4.69) is 5.32 Å². The number of anilines is 1. The summed E-state index contributed by atoms with van der Waals surface area (Å²) in [6.07, 6.45) is 0.531. The number of nitrogens with zero attached hydrogens (tertiary/aromatic N) is 2. The van der Waals surface area contributed by atoms with E-state index in [1.807, 2.05) is 70.2 Å². The minimum atomic E-state index is -4.07. The third-order valence-electron chi connectivity index (χ3n) is 6.61. The van der Waals surface area contributed by atoms with Gasteiger partial charge in [0, 0.05) is 13.1 Å². The van der Waals surface area contributed by atoms with Crippen LogP contribution in [0.1, 0.15) is 37.5 Å². The summed E-state index contributed by atoms with van der Waals surface area (Å²) in [7, 11) is -4.07. The van der Waals surface area contributed by atoms with Gasteiger partial charge in [0.2, 0.25) is 11.8 Å². The largest absolute Gasteiger partial charge is 0.354 e. The van der Waals surface area contributed by atoms with Crippen molar-refractivity contribution in [3.63, 3.8) is 0 Å². The van der Waals surface area contributed by atoms with E-state index in [9.17, 15) is 18.0 Å². The highest BCUT2D eigenvalue weighted by Crippen LogP contribution is 2.27. The molecule has 0 saturated heterocycles. The molecule has 0 saturated carbocycles. The van der Waals surface area contributed by atoms with Gasteiger partial charge in [-0.15, -0.1) is 0 Å². The highest BCUT2D eigenvalue weighted by molar-refractivity contribution is 7.92. The van der Waals surface area contributed by atoms with Crippen LogP contribution in [0, 0.1) is 19.8 Å². The Kier molecular flexibility index (Phi) is 10.3. The molecular weight excluding hydrogens is 510 g/mol. The smallest absolute Gasteiger partial charge is 0.264 e. The number of benzene rings is 3. The van der Waals surface area contributed by atoms with Crippen molar-refractivity contribution >= 4 is 27.5 Å². The molecule has 2 amide bonds. The first-order valence-electron chi connectivity index (χ1n) is 13.3. The van der Waals surface area contributed by atoms with Crippen LogP contribution in [0.25, 0.3) is 0 Å². The highest BCUT2D eigenvalue weighted by Gasteiger charge is 2.32. The fraction of sp³-hybridized carbons (Fsp3) is 0.355. The number of carbonyl (C=O) groups is 2. The van der Waals surface area contributed by atoms with Crippen molar-refractivity contribution in [2.24, 2.45) is 5.92 Å². The van der Waals surface area contributed by atoms with E-state index >= 15 is 0 Å². The van der Waals surface area contributed by atoms with E-state index in [1.165, 1.54) is 4.90 Å². The Morgan fingerprint density at radius 3 is 2.08 bits per heavy atom. The number of amides is 2. The highest BCUT2D eigenvalue weighted by atomic mass is 32.2. The van der Waals surface area contributed by atoms with Crippen molar-refractivity contribution in [2.45, 2.75) is 52.0 Å². The molecule has 1 atom stereocenters. The van der Waals surface area contributed by atoms with Crippen LogP contribution in [-0.4, -0.2) is 50.8 Å². The number of rotatable bonds is 12. The SMILES string of the molecule is Cc1ccc(S(=O)(=O)N(CC(=O)N(CCc2ccccc2)C(C)C(=O)NCC(C)C)c2ccccc2C)cc1. The van der Waals surface area contributed by atoms with Gasteiger partial charge < -0.3 is 10.2 Å². The van der Waals surface area contributed by atoms with Gasteiger partial charge in [0.15, 0.2) is 0 Å². The molecule has 1 unspecified atom stereocenters. The third-order valence-corrected chi connectivity index (χ3v) is 8.38. The molecule has 8 heteroatoms. The minimum absolute atomic E-state index is 0.0997. The molecule has 3 rings (SSSR count). The lowest BCUT2D eigenvalue weighted by Gasteiger charge is -2.32. The Balaban J connectivity index is 1.97. The maximum absolute atomic E-state index is 13.9. The number of hydrogen-bond donors (Lipinski definition) is 1. The van der Waals surface area contributed by atoms with Crippen LogP contribution < -0.4 is 9.62 Å². The van der Waals surface area contributed by atoms with Gasteiger partial charge in [-0.3, -0.25) is 13.9 Å². The lowest BCUT2D eigenvalue weighted by atomic mass is 10.1. The zero-order valence-corrected chi connectivity index (χ0v) is 24.2. The standard InChI is InChI=1S/C31H39N3O4S/c1-23(2)21-32-31(36)26(5)33(20-19-27-12-7-6-8-13-27)30(35)22-34(29-14-10-9-11-25(29)4)39(37,38)28-17-15-24(3)16-18-28/h6-18,23,26H,19-22H2,1-5H3,(H,32,36). The van der Waals surface area contributed by atoms with Crippen molar-refractivity contribution in [1.29, 1.82) is 0 Å². The fourth-order valence-electron chi connectivity index (χ4n) is 4.22. The molecule has 0 aliphatic rings. The topological polar surface area (TPSA) is 86.8 Å². The van der Waals surface area contributed by atoms with E-state index in [4.69, 9.17) is 0 Å². The molecule has 3 aromatic rings. The molecule has 1 N–H and O–H groups in total. The Morgan fingerprint density at radius 1 is 0.846 bits per heavy atom. The summed E-state index contributed by atoms with van der Waals surface area (Å²) < 4.78 is 28.9. The predicted octanol–water partition coefficient (Wildman–Crippen LogP) is 4.73. The minimum Gasteiger partial charge on any atom is -0.354 e. The molecule has 0 radical (unpaired) electrons.